The molecule has 0 bridgehead atoms. The van der Waals surface area contributed by atoms with Gasteiger partial charge in [0.15, 0.2) is 6.61 Å². The summed E-state index contributed by atoms with van der Waals surface area (Å²) in [5.41, 5.74) is 0. The number of ether oxygens (including phenoxy) is 1. The van der Waals surface area contributed by atoms with E-state index < -0.39 is 40.5 Å². The van der Waals surface area contributed by atoms with E-state index in [1.807, 2.05) is 12.1 Å². The molecular formula is C19H23BrN4O5S. The number of nitrogens with one attached hydrogen (secondary N) is 1. The summed E-state index contributed by atoms with van der Waals surface area (Å²) in [4.78, 5) is 26.0. The second-order valence-corrected chi connectivity index (χ2v) is 9.23. The van der Waals surface area contributed by atoms with Crippen LogP contribution in [0.5, 0.6) is 0 Å². The van der Waals surface area contributed by atoms with Gasteiger partial charge >= 0.3 is 5.97 Å². The van der Waals surface area contributed by atoms with Gasteiger partial charge < -0.3 is 9.64 Å². The van der Waals surface area contributed by atoms with Gasteiger partial charge in [-0.25, -0.2) is 8.42 Å². The van der Waals surface area contributed by atoms with Gasteiger partial charge in [-0.15, -0.1) is 0 Å². The van der Waals surface area contributed by atoms with E-state index in [1.165, 1.54) is 17.0 Å². The number of halogens is 1. The molecule has 0 fully saturated rings. The Morgan fingerprint density at radius 2 is 1.67 bits per heavy atom. The van der Waals surface area contributed by atoms with Crippen molar-refractivity contribution in [3.8, 4) is 12.1 Å². The Hall–Kier alpha value is -2.47. The van der Waals surface area contributed by atoms with Gasteiger partial charge in [-0.3, -0.25) is 9.59 Å². The number of nitrogens with zero attached hydrogens (tertiary/aromatic N) is 3. The Morgan fingerprint density at radius 1 is 1.13 bits per heavy atom. The standard InChI is InChI=1S/C19H23BrN4O5S/c1-14(2)18(23-30(27,28)16-7-5-15(20)6-8-16)19(26)29-13-17(25)24(11-3-9-21)12-4-10-22/h5-8,14,18,23H,3-4,11-13H2,1-2H3. The number of carbonyl (C=O) groups excluding carboxylic acids is 2. The van der Waals surface area contributed by atoms with Gasteiger partial charge in [-0.2, -0.15) is 15.2 Å². The third-order valence-electron chi connectivity index (χ3n) is 4.00. The zero-order valence-electron chi connectivity index (χ0n) is 16.7. The molecule has 1 aromatic rings. The maximum atomic E-state index is 12.6. The second-order valence-electron chi connectivity index (χ2n) is 6.60. The maximum Gasteiger partial charge on any atom is 0.324 e. The Kier molecular flexibility index (Phi) is 10.5. The highest BCUT2D eigenvalue weighted by Crippen LogP contribution is 2.16. The molecule has 162 valence electrons. The molecular weight excluding hydrogens is 476 g/mol. The summed E-state index contributed by atoms with van der Waals surface area (Å²) in [6.45, 7) is 2.89. The molecule has 0 radical (unpaired) electrons. The topological polar surface area (TPSA) is 140 Å². The van der Waals surface area contributed by atoms with Crippen molar-refractivity contribution >= 4 is 37.8 Å². The van der Waals surface area contributed by atoms with Crippen molar-refractivity contribution in [2.24, 2.45) is 5.92 Å². The van der Waals surface area contributed by atoms with Gasteiger partial charge in [-0.1, -0.05) is 29.8 Å². The molecule has 0 heterocycles. The van der Waals surface area contributed by atoms with Crippen LogP contribution in [0.4, 0.5) is 0 Å². The predicted octanol–water partition coefficient (Wildman–Crippen LogP) is 1.95. The number of benzene rings is 1. The molecule has 11 heteroatoms. The van der Waals surface area contributed by atoms with E-state index in [0.717, 1.165) is 0 Å². The third-order valence-corrected chi connectivity index (χ3v) is 5.99. The number of rotatable bonds is 11. The molecule has 0 saturated carbocycles. The first-order valence-corrected chi connectivity index (χ1v) is 11.4. The molecule has 1 atom stereocenters. The van der Waals surface area contributed by atoms with Gasteiger partial charge in [0.05, 0.1) is 29.9 Å². The van der Waals surface area contributed by atoms with Crippen LogP contribution in [0.25, 0.3) is 0 Å². The highest BCUT2D eigenvalue weighted by atomic mass is 79.9. The average Bonchev–Trinajstić information content (AvgIpc) is 2.70. The number of esters is 1. The number of sulfonamides is 1. The Bertz CT molecular complexity index is 902. The minimum atomic E-state index is -3.98. The normalized spacial score (nSPS) is 11.9. The number of hydrogen-bond donors (Lipinski definition) is 1. The lowest BCUT2D eigenvalue weighted by atomic mass is 10.1. The molecule has 0 saturated heterocycles. The van der Waals surface area contributed by atoms with Crippen molar-refractivity contribution in [3.63, 3.8) is 0 Å². The van der Waals surface area contributed by atoms with Gasteiger partial charge in [-0.05, 0) is 30.2 Å². The zero-order chi connectivity index (χ0) is 22.7. The molecule has 0 aliphatic heterocycles. The summed E-state index contributed by atoms with van der Waals surface area (Å²) in [6.07, 6.45) is 0.152. The SMILES string of the molecule is CC(C)C(NS(=O)(=O)c1ccc(Br)cc1)C(=O)OCC(=O)N(CCC#N)CCC#N. The van der Waals surface area contributed by atoms with Gasteiger partial charge in [0.1, 0.15) is 6.04 Å². The predicted molar refractivity (Wildman–Crippen MR) is 111 cm³/mol. The first-order chi connectivity index (χ1) is 14.1. The van der Waals surface area contributed by atoms with Gasteiger partial charge in [0.25, 0.3) is 5.91 Å². The highest BCUT2D eigenvalue weighted by molar-refractivity contribution is 9.10. The maximum absolute atomic E-state index is 12.6. The summed E-state index contributed by atoms with van der Waals surface area (Å²) in [5.74, 6) is -1.89. The fourth-order valence-corrected chi connectivity index (χ4v) is 3.95. The molecule has 1 unspecified atom stereocenters. The first kappa shape index (κ1) is 25.6. The van der Waals surface area contributed by atoms with Crippen molar-refractivity contribution in [2.45, 2.75) is 37.6 Å². The quantitative estimate of drug-likeness (QED) is 0.459. The lowest BCUT2D eigenvalue weighted by Crippen LogP contribution is -2.46. The minimum Gasteiger partial charge on any atom is -0.454 e. The Balaban J connectivity index is 2.81. The van der Waals surface area contributed by atoms with E-state index >= 15 is 0 Å². The van der Waals surface area contributed by atoms with Crippen LogP contribution >= 0.6 is 15.9 Å². The van der Waals surface area contributed by atoms with Crippen LogP contribution in [0.3, 0.4) is 0 Å². The average molecular weight is 499 g/mol. The van der Waals surface area contributed by atoms with E-state index in [0.29, 0.717) is 4.47 Å². The molecule has 9 nitrogen and oxygen atoms in total. The van der Waals surface area contributed by atoms with Crippen LogP contribution in [0, 0.1) is 28.6 Å². The first-order valence-electron chi connectivity index (χ1n) is 9.08. The second kappa shape index (κ2) is 12.3. The van der Waals surface area contributed by atoms with Crippen LogP contribution in [0.15, 0.2) is 33.6 Å². The van der Waals surface area contributed by atoms with Crippen LogP contribution in [0.1, 0.15) is 26.7 Å². The van der Waals surface area contributed by atoms with Crippen LogP contribution in [-0.2, 0) is 24.3 Å². The van der Waals surface area contributed by atoms with E-state index in [-0.39, 0.29) is 30.8 Å². The molecule has 30 heavy (non-hydrogen) atoms. The fourth-order valence-electron chi connectivity index (χ4n) is 2.35. The smallest absolute Gasteiger partial charge is 0.324 e. The Morgan fingerprint density at radius 3 is 2.13 bits per heavy atom. The van der Waals surface area contributed by atoms with Crippen molar-refractivity contribution < 1.29 is 22.7 Å². The molecule has 1 N–H and O–H groups in total. The monoisotopic (exact) mass is 498 g/mol. The molecule has 0 aliphatic carbocycles. The van der Waals surface area contributed by atoms with Crippen molar-refractivity contribution in [1.82, 2.24) is 9.62 Å². The number of carbonyl (C=O) groups is 2. The van der Waals surface area contributed by atoms with Crippen molar-refractivity contribution in [1.29, 1.82) is 10.5 Å². The van der Waals surface area contributed by atoms with Crippen molar-refractivity contribution in [2.75, 3.05) is 19.7 Å². The number of amides is 1. The van der Waals surface area contributed by atoms with Crippen LogP contribution < -0.4 is 4.72 Å². The van der Waals surface area contributed by atoms with Crippen LogP contribution in [0.2, 0.25) is 0 Å². The van der Waals surface area contributed by atoms with E-state index in [1.54, 1.807) is 26.0 Å². The Labute approximate surface area is 184 Å². The van der Waals surface area contributed by atoms with E-state index in [9.17, 15) is 18.0 Å². The number of hydrogen-bond acceptors (Lipinski definition) is 7. The highest BCUT2D eigenvalue weighted by Gasteiger charge is 2.30. The van der Waals surface area contributed by atoms with Crippen molar-refractivity contribution in [3.05, 3.63) is 28.7 Å². The molecule has 1 amide bonds. The molecule has 0 aromatic heterocycles. The molecule has 0 aliphatic rings. The lowest BCUT2D eigenvalue weighted by Gasteiger charge is -2.23. The fraction of sp³-hybridized carbons (Fsp3) is 0.474. The summed E-state index contributed by atoms with van der Waals surface area (Å²) in [5, 5.41) is 17.4. The lowest BCUT2D eigenvalue weighted by molar-refractivity contribution is -0.154. The van der Waals surface area contributed by atoms with Crippen LogP contribution in [-0.4, -0.2) is 50.9 Å². The molecule has 0 spiro atoms. The summed E-state index contributed by atoms with van der Waals surface area (Å²) in [7, 11) is -3.98. The van der Waals surface area contributed by atoms with Gasteiger partial charge in [0, 0.05) is 17.6 Å². The zero-order valence-corrected chi connectivity index (χ0v) is 19.1. The summed E-state index contributed by atoms with van der Waals surface area (Å²) >= 11 is 3.23. The van der Waals surface area contributed by atoms with Gasteiger partial charge in [0.2, 0.25) is 10.0 Å². The summed E-state index contributed by atoms with van der Waals surface area (Å²) < 4.78 is 33.2. The third kappa shape index (κ3) is 8.11. The van der Waals surface area contributed by atoms with E-state index in [4.69, 9.17) is 15.3 Å². The summed E-state index contributed by atoms with van der Waals surface area (Å²) in [6, 6.07) is 8.52. The largest absolute Gasteiger partial charge is 0.454 e. The minimum absolute atomic E-state index is 0.0144. The number of nitriles is 2. The van der Waals surface area contributed by atoms with E-state index in [2.05, 4.69) is 20.7 Å². The molecule has 1 aromatic carbocycles. The molecule has 1 rings (SSSR count).